The fraction of sp³-hybridized carbons (Fsp3) is 0.200. The monoisotopic (exact) mass is 223 g/mol. The summed E-state index contributed by atoms with van der Waals surface area (Å²) < 4.78 is 14.7. The third kappa shape index (κ3) is 1.66. The van der Waals surface area contributed by atoms with E-state index < -0.39 is 5.97 Å². The van der Waals surface area contributed by atoms with Crippen molar-refractivity contribution in [3.63, 3.8) is 0 Å². The summed E-state index contributed by atoms with van der Waals surface area (Å²) in [5.74, 6) is 0.342. The van der Waals surface area contributed by atoms with Gasteiger partial charge in [-0.25, -0.2) is 4.79 Å². The second-order valence-electron chi connectivity index (χ2n) is 2.88. The Balaban J connectivity index is 2.57. The van der Waals surface area contributed by atoms with Crippen LogP contribution in [0.5, 0.6) is 5.75 Å². The molecule has 0 aliphatic carbocycles. The number of ether oxygens (including phenoxy) is 2. The van der Waals surface area contributed by atoms with Crippen molar-refractivity contribution in [3.05, 3.63) is 23.9 Å². The highest BCUT2D eigenvalue weighted by atomic mass is 32.1. The van der Waals surface area contributed by atoms with Gasteiger partial charge in [0.05, 0.1) is 18.9 Å². The van der Waals surface area contributed by atoms with Gasteiger partial charge in [0.2, 0.25) is 0 Å². The highest BCUT2D eigenvalue weighted by molar-refractivity contribution is 7.13. The highest BCUT2D eigenvalue weighted by Crippen LogP contribution is 2.27. The van der Waals surface area contributed by atoms with Crippen molar-refractivity contribution in [1.82, 2.24) is 4.37 Å². The van der Waals surface area contributed by atoms with Crippen molar-refractivity contribution in [2.75, 3.05) is 14.2 Å². The molecule has 0 radical (unpaired) electrons. The molecule has 2 aromatic rings. The quantitative estimate of drug-likeness (QED) is 0.731. The number of hydrogen-bond acceptors (Lipinski definition) is 5. The van der Waals surface area contributed by atoms with Gasteiger partial charge in [-0.1, -0.05) is 0 Å². The van der Waals surface area contributed by atoms with Crippen molar-refractivity contribution in [3.8, 4) is 5.75 Å². The average Bonchev–Trinajstić information content (AvgIpc) is 2.70. The van der Waals surface area contributed by atoms with E-state index >= 15 is 0 Å². The zero-order valence-electron chi connectivity index (χ0n) is 8.31. The fourth-order valence-electron chi connectivity index (χ4n) is 1.29. The Bertz CT molecular complexity index is 506. The number of fused-ring (bicyclic) bond motifs is 1. The molecule has 0 fully saturated rings. The van der Waals surface area contributed by atoms with Crippen LogP contribution in [0.3, 0.4) is 0 Å². The maximum absolute atomic E-state index is 11.3. The largest absolute Gasteiger partial charge is 0.497 e. The average molecular weight is 223 g/mol. The van der Waals surface area contributed by atoms with Crippen LogP contribution in [0.15, 0.2) is 18.2 Å². The van der Waals surface area contributed by atoms with Gasteiger partial charge in [0.1, 0.15) is 5.75 Å². The molecule has 0 amide bonds. The van der Waals surface area contributed by atoms with Gasteiger partial charge in [-0.2, -0.15) is 4.37 Å². The van der Waals surface area contributed by atoms with E-state index in [9.17, 15) is 4.79 Å². The number of rotatable bonds is 2. The second kappa shape index (κ2) is 3.86. The topological polar surface area (TPSA) is 48.4 Å². The van der Waals surface area contributed by atoms with Gasteiger partial charge in [0, 0.05) is 5.39 Å². The standard InChI is InChI=1S/C10H9NO3S/c1-13-6-3-4-7-8(5-6)15-11-9(7)10(12)14-2/h3-5H,1-2H3. The van der Waals surface area contributed by atoms with Crippen molar-refractivity contribution in [1.29, 1.82) is 0 Å². The molecule has 15 heavy (non-hydrogen) atoms. The van der Waals surface area contributed by atoms with Crippen molar-refractivity contribution >= 4 is 27.6 Å². The summed E-state index contributed by atoms with van der Waals surface area (Å²) in [6.07, 6.45) is 0. The molecule has 4 nitrogen and oxygen atoms in total. The first-order chi connectivity index (χ1) is 7.26. The zero-order valence-corrected chi connectivity index (χ0v) is 9.13. The number of methoxy groups -OCH3 is 2. The first kappa shape index (κ1) is 9.92. The van der Waals surface area contributed by atoms with Gasteiger partial charge in [-0.15, -0.1) is 0 Å². The maximum Gasteiger partial charge on any atom is 0.358 e. The van der Waals surface area contributed by atoms with E-state index in [-0.39, 0.29) is 0 Å². The van der Waals surface area contributed by atoms with Crippen molar-refractivity contribution in [2.45, 2.75) is 0 Å². The van der Waals surface area contributed by atoms with Crippen LogP contribution >= 0.6 is 11.5 Å². The van der Waals surface area contributed by atoms with Crippen molar-refractivity contribution in [2.24, 2.45) is 0 Å². The minimum absolute atomic E-state index is 0.361. The Morgan fingerprint density at radius 1 is 1.40 bits per heavy atom. The van der Waals surface area contributed by atoms with Gasteiger partial charge >= 0.3 is 5.97 Å². The van der Waals surface area contributed by atoms with Crippen LogP contribution in [-0.4, -0.2) is 24.6 Å². The Morgan fingerprint density at radius 2 is 2.20 bits per heavy atom. The van der Waals surface area contributed by atoms with Gasteiger partial charge in [0.15, 0.2) is 5.69 Å². The predicted molar refractivity (Wildman–Crippen MR) is 57.5 cm³/mol. The molecule has 0 aliphatic rings. The third-order valence-electron chi connectivity index (χ3n) is 2.06. The first-order valence-electron chi connectivity index (χ1n) is 4.28. The third-order valence-corrected chi connectivity index (χ3v) is 2.87. The van der Waals surface area contributed by atoms with Gasteiger partial charge < -0.3 is 9.47 Å². The predicted octanol–water partition coefficient (Wildman–Crippen LogP) is 2.09. The molecule has 1 heterocycles. The number of carbonyl (C=O) groups is 1. The molecular weight excluding hydrogens is 214 g/mol. The zero-order chi connectivity index (χ0) is 10.8. The molecule has 5 heteroatoms. The summed E-state index contributed by atoms with van der Waals surface area (Å²) in [5, 5.41) is 0.799. The van der Waals surface area contributed by atoms with E-state index in [1.165, 1.54) is 18.6 Å². The molecule has 0 saturated heterocycles. The summed E-state index contributed by atoms with van der Waals surface area (Å²) in [4.78, 5) is 11.3. The molecule has 0 atom stereocenters. The number of carbonyl (C=O) groups excluding carboxylic acids is 1. The van der Waals surface area contributed by atoms with E-state index in [1.807, 2.05) is 12.1 Å². The number of esters is 1. The lowest BCUT2D eigenvalue weighted by Crippen LogP contribution is -2.01. The van der Waals surface area contributed by atoms with Crippen LogP contribution in [-0.2, 0) is 4.74 Å². The molecule has 78 valence electrons. The lowest BCUT2D eigenvalue weighted by atomic mass is 10.2. The van der Waals surface area contributed by atoms with Crippen LogP contribution in [0.25, 0.3) is 10.1 Å². The Morgan fingerprint density at radius 3 is 2.87 bits per heavy atom. The number of hydrogen-bond donors (Lipinski definition) is 0. The Hall–Kier alpha value is -1.62. The van der Waals surface area contributed by atoms with E-state index in [2.05, 4.69) is 9.11 Å². The summed E-state index contributed by atoms with van der Waals surface area (Å²) in [5.41, 5.74) is 0.361. The van der Waals surface area contributed by atoms with Crippen molar-refractivity contribution < 1.29 is 14.3 Å². The fourth-order valence-corrected chi connectivity index (χ4v) is 2.08. The summed E-state index contributed by atoms with van der Waals surface area (Å²) in [7, 11) is 2.94. The normalized spacial score (nSPS) is 10.3. The Kier molecular flexibility index (Phi) is 2.55. The molecule has 1 aromatic heterocycles. The lowest BCUT2D eigenvalue weighted by molar-refractivity contribution is 0.0598. The number of benzene rings is 1. The molecule has 0 bridgehead atoms. The SMILES string of the molecule is COC(=O)c1nsc2cc(OC)ccc12. The molecule has 0 spiro atoms. The highest BCUT2D eigenvalue weighted by Gasteiger charge is 2.14. The molecule has 0 unspecified atom stereocenters. The minimum atomic E-state index is -0.411. The molecule has 2 rings (SSSR count). The van der Waals surface area contributed by atoms with Crippen LogP contribution in [0, 0.1) is 0 Å². The summed E-state index contributed by atoms with van der Waals surface area (Å²) >= 11 is 1.26. The summed E-state index contributed by atoms with van der Waals surface area (Å²) in [6.45, 7) is 0. The van der Waals surface area contributed by atoms with Crippen LogP contribution in [0.4, 0.5) is 0 Å². The van der Waals surface area contributed by atoms with E-state index in [4.69, 9.17) is 4.74 Å². The Labute approximate surface area is 90.6 Å². The lowest BCUT2D eigenvalue weighted by Gasteiger charge is -1.98. The van der Waals surface area contributed by atoms with Crippen LogP contribution < -0.4 is 4.74 Å². The molecule has 1 aromatic carbocycles. The molecule has 0 N–H and O–H groups in total. The maximum atomic E-state index is 11.3. The first-order valence-corrected chi connectivity index (χ1v) is 5.05. The van der Waals surface area contributed by atoms with Gasteiger partial charge in [-0.05, 0) is 29.7 Å². The van der Waals surface area contributed by atoms with Gasteiger partial charge in [-0.3, -0.25) is 0 Å². The summed E-state index contributed by atoms with van der Waals surface area (Å²) in [6, 6.07) is 5.45. The van der Waals surface area contributed by atoms with Crippen LogP contribution in [0.2, 0.25) is 0 Å². The molecule has 0 aliphatic heterocycles. The molecular formula is C10H9NO3S. The number of nitrogens with zero attached hydrogens (tertiary/aromatic N) is 1. The molecule has 0 saturated carbocycles. The number of aromatic nitrogens is 1. The van der Waals surface area contributed by atoms with E-state index in [0.29, 0.717) is 5.69 Å². The smallest absolute Gasteiger partial charge is 0.358 e. The van der Waals surface area contributed by atoms with E-state index in [1.54, 1.807) is 13.2 Å². The minimum Gasteiger partial charge on any atom is -0.497 e. The second-order valence-corrected chi connectivity index (χ2v) is 3.69. The van der Waals surface area contributed by atoms with Gasteiger partial charge in [0.25, 0.3) is 0 Å². The van der Waals surface area contributed by atoms with E-state index in [0.717, 1.165) is 15.8 Å². The van der Waals surface area contributed by atoms with Crippen LogP contribution in [0.1, 0.15) is 10.5 Å².